The topological polar surface area (TPSA) is 62.6 Å². The standard InChI is InChI=1S/C26H27FN2O3/c1-17-9-12-19(13-10-17)24(25(30)28-20-6-3-4-7-20)29(26(31)23-8-5-15-32-23)21-14-11-18(2)22(27)16-21/h5,8-16,20,24H,3-4,6-7H2,1-2H3,(H,28,30). The first-order valence-corrected chi connectivity index (χ1v) is 10.9. The first-order chi connectivity index (χ1) is 15.4. The van der Waals surface area contributed by atoms with Gasteiger partial charge in [0.05, 0.1) is 6.26 Å². The summed E-state index contributed by atoms with van der Waals surface area (Å²) in [5.74, 6) is -1.16. The molecule has 166 valence electrons. The number of hydrogen-bond donors (Lipinski definition) is 1. The summed E-state index contributed by atoms with van der Waals surface area (Å²) in [7, 11) is 0. The van der Waals surface area contributed by atoms with Crippen molar-refractivity contribution >= 4 is 17.5 Å². The Labute approximate surface area is 187 Å². The van der Waals surface area contributed by atoms with E-state index in [1.54, 1.807) is 31.2 Å². The number of halogens is 1. The maximum atomic E-state index is 14.5. The zero-order valence-electron chi connectivity index (χ0n) is 18.3. The second-order valence-corrected chi connectivity index (χ2v) is 8.39. The number of furan rings is 1. The number of amides is 2. The highest BCUT2D eigenvalue weighted by atomic mass is 19.1. The second-order valence-electron chi connectivity index (χ2n) is 8.39. The van der Waals surface area contributed by atoms with E-state index in [-0.39, 0.29) is 17.7 Å². The molecule has 6 heteroatoms. The van der Waals surface area contributed by atoms with E-state index in [4.69, 9.17) is 4.42 Å². The van der Waals surface area contributed by atoms with Gasteiger partial charge in [-0.3, -0.25) is 14.5 Å². The third kappa shape index (κ3) is 4.59. The molecule has 2 amide bonds. The van der Waals surface area contributed by atoms with E-state index in [1.807, 2.05) is 31.2 Å². The lowest BCUT2D eigenvalue weighted by Crippen LogP contribution is -2.46. The maximum Gasteiger partial charge on any atom is 0.294 e. The van der Waals surface area contributed by atoms with Crippen molar-refractivity contribution in [3.63, 3.8) is 0 Å². The van der Waals surface area contributed by atoms with Gasteiger partial charge in [0.15, 0.2) is 5.76 Å². The smallest absolute Gasteiger partial charge is 0.294 e. The van der Waals surface area contributed by atoms with E-state index in [0.29, 0.717) is 16.8 Å². The van der Waals surface area contributed by atoms with E-state index < -0.39 is 17.8 Å². The Kier molecular flexibility index (Phi) is 6.40. The summed E-state index contributed by atoms with van der Waals surface area (Å²) in [5, 5.41) is 3.11. The molecule has 1 fully saturated rings. The third-order valence-electron chi connectivity index (χ3n) is 5.99. The Hall–Kier alpha value is -3.41. The molecule has 1 heterocycles. The minimum Gasteiger partial charge on any atom is -0.459 e. The Morgan fingerprint density at radius 1 is 1.06 bits per heavy atom. The second kappa shape index (κ2) is 9.39. The number of benzene rings is 2. The zero-order chi connectivity index (χ0) is 22.7. The molecule has 0 aliphatic heterocycles. The van der Waals surface area contributed by atoms with Crippen LogP contribution in [0.25, 0.3) is 0 Å². The molecule has 0 radical (unpaired) electrons. The SMILES string of the molecule is Cc1ccc(C(C(=O)NC2CCCC2)N(C(=O)c2ccco2)c2ccc(C)c(F)c2)cc1. The lowest BCUT2D eigenvalue weighted by molar-refractivity contribution is -0.123. The van der Waals surface area contributed by atoms with Crippen molar-refractivity contribution in [2.45, 2.75) is 51.6 Å². The van der Waals surface area contributed by atoms with Crippen LogP contribution in [0.3, 0.4) is 0 Å². The van der Waals surface area contributed by atoms with Gasteiger partial charge < -0.3 is 9.73 Å². The van der Waals surface area contributed by atoms with Gasteiger partial charge >= 0.3 is 0 Å². The largest absolute Gasteiger partial charge is 0.459 e. The summed E-state index contributed by atoms with van der Waals surface area (Å²) in [6.45, 7) is 3.61. The molecule has 1 aromatic heterocycles. The molecule has 5 nitrogen and oxygen atoms in total. The highest BCUT2D eigenvalue weighted by Gasteiger charge is 2.36. The van der Waals surface area contributed by atoms with E-state index in [9.17, 15) is 14.0 Å². The Morgan fingerprint density at radius 2 is 1.78 bits per heavy atom. The lowest BCUT2D eigenvalue weighted by Gasteiger charge is -2.32. The summed E-state index contributed by atoms with van der Waals surface area (Å²) in [6, 6.07) is 14.3. The third-order valence-corrected chi connectivity index (χ3v) is 5.99. The number of aryl methyl sites for hydroxylation is 2. The monoisotopic (exact) mass is 434 g/mol. The molecule has 1 saturated carbocycles. The molecule has 4 rings (SSSR count). The predicted octanol–water partition coefficient (Wildman–Crippen LogP) is 5.48. The molecule has 3 aromatic rings. The normalized spacial score (nSPS) is 14.8. The molecular formula is C26H27FN2O3. The van der Waals surface area contributed by atoms with Crippen molar-refractivity contribution in [1.82, 2.24) is 5.32 Å². The van der Waals surface area contributed by atoms with Crippen molar-refractivity contribution in [2.24, 2.45) is 0 Å². The number of carbonyl (C=O) groups excluding carboxylic acids is 2. The van der Waals surface area contributed by atoms with E-state index >= 15 is 0 Å². The molecule has 32 heavy (non-hydrogen) atoms. The number of anilines is 1. The van der Waals surface area contributed by atoms with Crippen LogP contribution >= 0.6 is 0 Å². The average Bonchev–Trinajstić information content (AvgIpc) is 3.49. The van der Waals surface area contributed by atoms with Gasteiger partial charge in [-0.2, -0.15) is 0 Å². The van der Waals surface area contributed by atoms with Gasteiger partial charge in [0.2, 0.25) is 5.91 Å². The number of hydrogen-bond acceptors (Lipinski definition) is 3. The maximum absolute atomic E-state index is 14.5. The van der Waals surface area contributed by atoms with Crippen molar-refractivity contribution in [2.75, 3.05) is 4.90 Å². The highest BCUT2D eigenvalue weighted by molar-refractivity contribution is 6.08. The molecule has 1 N–H and O–H groups in total. The van der Waals surface area contributed by atoms with Crippen LogP contribution in [0, 0.1) is 19.7 Å². The van der Waals surface area contributed by atoms with E-state index in [2.05, 4.69) is 5.32 Å². The van der Waals surface area contributed by atoms with Crippen LogP contribution in [-0.4, -0.2) is 17.9 Å². The summed E-state index contributed by atoms with van der Waals surface area (Å²) in [6.07, 6.45) is 5.37. The van der Waals surface area contributed by atoms with Crippen molar-refractivity contribution in [3.05, 3.63) is 89.1 Å². The summed E-state index contributed by atoms with van der Waals surface area (Å²) >= 11 is 0. The fourth-order valence-electron chi connectivity index (χ4n) is 4.15. The average molecular weight is 435 g/mol. The summed E-state index contributed by atoms with van der Waals surface area (Å²) < 4.78 is 19.9. The molecule has 1 aliphatic rings. The quantitative estimate of drug-likeness (QED) is 0.559. The van der Waals surface area contributed by atoms with Crippen LogP contribution in [0.1, 0.15) is 59.0 Å². The minimum atomic E-state index is -0.976. The Morgan fingerprint density at radius 3 is 2.41 bits per heavy atom. The number of nitrogens with zero attached hydrogens (tertiary/aromatic N) is 1. The van der Waals surface area contributed by atoms with Gasteiger partial charge in [-0.1, -0.05) is 48.7 Å². The van der Waals surface area contributed by atoms with E-state index in [0.717, 1.165) is 31.2 Å². The molecule has 1 unspecified atom stereocenters. The van der Waals surface area contributed by atoms with Gasteiger partial charge in [-0.15, -0.1) is 0 Å². The van der Waals surface area contributed by atoms with Crippen LogP contribution < -0.4 is 10.2 Å². The first kappa shape index (κ1) is 21.8. The minimum absolute atomic E-state index is 0.0748. The summed E-state index contributed by atoms with van der Waals surface area (Å²) in [5.41, 5.74) is 2.43. The number of rotatable bonds is 6. The Bertz CT molecular complexity index is 1090. The molecule has 1 aliphatic carbocycles. The molecule has 0 saturated heterocycles. The van der Waals surface area contributed by atoms with Crippen molar-refractivity contribution in [1.29, 1.82) is 0 Å². The number of carbonyl (C=O) groups is 2. The highest BCUT2D eigenvalue weighted by Crippen LogP contribution is 2.32. The van der Waals surface area contributed by atoms with Gasteiger partial charge in [0.1, 0.15) is 11.9 Å². The molecule has 0 bridgehead atoms. The van der Waals surface area contributed by atoms with E-state index in [1.165, 1.54) is 17.2 Å². The van der Waals surface area contributed by atoms with Crippen LogP contribution in [0.5, 0.6) is 0 Å². The van der Waals surface area contributed by atoms with Crippen LogP contribution in [-0.2, 0) is 4.79 Å². The van der Waals surface area contributed by atoms with Crippen LogP contribution in [0.4, 0.5) is 10.1 Å². The lowest BCUT2D eigenvalue weighted by atomic mass is 10.0. The zero-order valence-corrected chi connectivity index (χ0v) is 18.3. The van der Waals surface area contributed by atoms with Crippen LogP contribution in [0.2, 0.25) is 0 Å². The molecule has 1 atom stereocenters. The predicted molar refractivity (Wildman–Crippen MR) is 121 cm³/mol. The molecule has 2 aromatic carbocycles. The van der Waals surface area contributed by atoms with Crippen molar-refractivity contribution < 1.29 is 18.4 Å². The van der Waals surface area contributed by atoms with Crippen LogP contribution in [0.15, 0.2) is 65.3 Å². The van der Waals surface area contributed by atoms with Gasteiger partial charge in [0, 0.05) is 11.7 Å². The summed E-state index contributed by atoms with van der Waals surface area (Å²) in [4.78, 5) is 28.5. The molecular weight excluding hydrogens is 407 g/mol. The fraction of sp³-hybridized carbons (Fsp3) is 0.308. The van der Waals surface area contributed by atoms with Gasteiger partial charge in [-0.25, -0.2) is 4.39 Å². The van der Waals surface area contributed by atoms with Gasteiger partial charge in [-0.05, 0) is 62.1 Å². The number of nitrogens with one attached hydrogen (secondary N) is 1. The Balaban J connectivity index is 1.82. The van der Waals surface area contributed by atoms with Gasteiger partial charge in [0.25, 0.3) is 5.91 Å². The fourth-order valence-corrected chi connectivity index (χ4v) is 4.15. The first-order valence-electron chi connectivity index (χ1n) is 10.9. The van der Waals surface area contributed by atoms with Crippen molar-refractivity contribution in [3.8, 4) is 0 Å². The molecule has 0 spiro atoms.